The first-order chi connectivity index (χ1) is 18.9. The second-order valence-corrected chi connectivity index (χ2v) is 10.9. The zero-order valence-electron chi connectivity index (χ0n) is 21.5. The van der Waals surface area contributed by atoms with E-state index in [1.165, 1.54) is 19.2 Å². The molecule has 0 saturated carbocycles. The van der Waals surface area contributed by atoms with Crippen molar-refractivity contribution in [3.63, 3.8) is 0 Å². The van der Waals surface area contributed by atoms with Crippen LogP contribution < -0.4 is 14.5 Å². The highest BCUT2D eigenvalue weighted by Crippen LogP contribution is 2.33. The van der Waals surface area contributed by atoms with Crippen LogP contribution in [0, 0.1) is 6.92 Å². The molecule has 5 aromatic rings. The molecule has 0 aliphatic carbocycles. The average molecular weight is 538 g/mol. The Morgan fingerprint density at radius 2 is 1.49 bits per heavy atom. The zero-order valence-corrected chi connectivity index (χ0v) is 22.4. The lowest BCUT2D eigenvalue weighted by Crippen LogP contribution is -2.39. The van der Waals surface area contributed by atoms with Crippen LogP contribution in [-0.4, -0.2) is 34.2 Å². The van der Waals surface area contributed by atoms with Crippen LogP contribution in [0.15, 0.2) is 113 Å². The fourth-order valence-electron chi connectivity index (χ4n) is 4.54. The zero-order chi connectivity index (χ0) is 27.4. The smallest absolute Gasteiger partial charge is 0.264 e. The molecule has 0 atom stereocenters. The Labute approximate surface area is 227 Å². The summed E-state index contributed by atoms with van der Waals surface area (Å²) in [7, 11) is -2.63. The van der Waals surface area contributed by atoms with Gasteiger partial charge in [-0.2, -0.15) is 5.10 Å². The van der Waals surface area contributed by atoms with E-state index in [0.717, 1.165) is 37.0 Å². The number of carbonyl (C=O) groups is 1. The molecule has 196 valence electrons. The van der Waals surface area contributed by atoms with Crippen molar-refractivity contribution in [2.24, 2.45) is 5.10 Å². The van der Waals surface area contributed by atoms with Crippen LogP contribution in [0.3, 0.4) is 0 Å². The molecule has 8 heteroatoms. The van der Waals surface area contributed by atoms with Crippen LogP contribution in [0.1, 0.15) is 11.1 Å². The van der Waals surface area contributed by atoms with Gasteiger partial charge >= 0.3 is 0 Å². The molecule has 5 rings (SSSR count). The van der Waals surface area contributed by atoms with E-state index in [0.29, 0.717) is 5.75 Å². The maximum absolute atomic E-state index is 13.7. The molecule has 5 aromatic carbocycles. The molecule has 7 nitrogen and oxygen atoms in total. The number of nitrogens with one attached hydrogen (secondary N) is 1. The molecule has 0 aromatic heterocycles. The van der Waals surface area contributed by atoms with Gasteiger partial charge in [0.2, 0.25) is 0 Å². The minimum atomic E-state index is -4.09. The van der Waals surface area contributed by atoms with Crippen LogP contribution in [0.2, 0.25) is 0 Å². The third-order valence-corrected chi connectivity index (χ3v) is 8.19. The van der Waals surface area contributed by atoms with E-state index >= 15 is 0 Å². The Balaban J connectivity index is 1.48. The molecule has 0 unspecified atom stereocenters. The minimum Gasteiger partial charge on any atom is -0.495 e. The largest absolute Gasteiger partial charge is 0.495 e. The summed E-state index contributed by atoms with van der Waals surface area (Å²) in [6.45, 7) is 1.35. The molecule has 0 spiro atoms. The van der Waals surface area contributed by atoms with E-state index in [1.807, 2.05) is 61.5 Å². The number of amides is 1. The number of nitrogens with zero attached hydrogens (tertiary/aromatic N) is 2. The predicted octanol–water partition coefficient (Wildman–Crippen LogP) is 5.66. The van der Waals surface area contributed by atoms with Gasteiger partial charge < -0.3 is 4.74 Å². The lowest BCUT2D eigenvalue weighted by Gasteiger charge is -2.25. The number of ether oxygens (including phenoxy) is 1. The first-order valence-corrected chi connectivity index (χ1v) is 13.8. The molecular formula is C31H27N3O4S. The molecule has 1 N–H and O–H groups in total. The van der Waals surface area contributed by atoms with Crippen LogP contribution >= 0.6 is 0 Å². The third-order valence-electron chi connectivity index (χ3n) is 6.42. The molecular weight excluding hydrogens is 510 g/mol. The number of hydrogen-bond acceptors (Lipinski definition) is 5. The molecule has 39 heavy (non-hydrogen) atoms. The maximum Gasteiger partial charge on any atom is 0.264 e. The van der Waals surface area contributed by atoms with Crippen molar-refractivity contribution >= 4 is 49.4 Å². The number of anilines is 1. The van der Waals surface area contributed by atoms with Gasteiger partial charge in [-0.3, -0.25) is 9.10 Å². The van der Waals surface area contributed by atoms with Crippen molar-refractivity contribution in [1.29, 1.82) is 0 Å². The SMILES string of the molecule is COc1ccc(C)cc1N(CC(=O)N/N=C\c1c2ccccc2cc2ccccc12)S(=O)(=O)c1ccccc1. The predicted molar refractivity (Wildman–Crippen MR) is 156 cm³/mol. The summed E-state index contributed by atoms with van der Waals surface area (Å²) in [5.74, 6) is -0.266. The van der Waals surface area contributed by atoms with Gasteiger partial charge in [0.1, 0.15) is 12.3 Å². The van der Waals surface area contributed by atoms with E-state index < -0.39 is 22.5 Å². The van der Waals surface area contributed by atoms with Gasteiger partial charge in [0.25, 0.3) is 15.9 Å². The molecule has 0 saturated heterocycles. The lowest BCUT2D eigenvalue weighted by molar-refractivity contribution is -0.119. The van der Waals surface area contributed by atoms with Crippen molar-refractivity contribution in [3.05, 3.63) is 114 Å². The molecule has 0 aliphatic rings. The molecule has 0 radical (unpaired) electrons. The van der Waals surface area contributed by atoms with Crippen LogP contribution in [0.25, 0.3) is 21.5 Å². The Morgan fingerprint density at radius 1 is 0.872 bits per heavy atom. The highest BCUT2D eigenvalue weighted by atomic mass is 32.2. The van der Waals surface area contributed by atoms with Gasteiger partial charge in [-0.1, -0.05) is 72.8 Å². The highest BCUT2D eigenvalue weighted by Gasteiger charge is 2.29. The minimum absolute atomic E-state index is 0.0621. The maximum atomic E-state index is 13.7. The van der Waals surface area contributed by atoms with Gasteiger partial charge in [0.15, 0.2) is 0 Å². The second-order valence-electron chi connectivity index (χ2n) is 9.03. The van der Waals surface area contributed by atoms with Crippen LogP contribution in [0.5, 0.6) is 5.75 Å². The van der Waals surface area contributed by atoms with Crippen LogP contribution in [-0.2, 0) is 14.8 Å². The summed E-state index contributed by atoms with van der Waals surface area (Å²) >= 11 is 0. The Kier molecular flexibility index (Phi) is 7.29. The molecule has 1 amide bonds. The first-order valence-electron chi connectivity index (χ1n) is 12.3. The number of rotatable bonds is 8. The summed E-state index contributed by atoms with van der Waals surface area (Å²) in [5.41, 5.74) is 4.46. The standard InChI is InChI=1S/C31H27N3O4S/c1-22-16-17-30(38-2)29(18-22)34(39(36,37)25-12-4-3-5-13-25)21-31(35)33-32-20-28-26-14-8-6-10-23(26)19-24-11-7-9-15-27(24)28/h3-20H,21H2,1-2H3,(H,33,35)/b32-20-. The molecule has 0 fully saturated rings. The van der Waals surface area contributed by atoms with E-state index in [1.54, 1.807) is 36.5 Å². The number of methoxy groups -OCH3 is 1. The normalized spacial score (nSPS) is 11.6. The summed E-state index contributed by atoms with van der Waals surface area (Å²) in [5, 5.41) is 8.31. The van der Waals surface area contributed by atoms with Gasteiger partial charge in [-0.05, 0) is 64.4 Å². The van der Waals surface area contributed by atoms with E-state index in [4.69, 9.17) is 4.74 Å². The summed E-state index contributed by atoms with van der Waals surface area (Å²) in [4.78, 5) is 13.2. The number of hydrogen-bond donors (Lipinski definition) is 1. The molecule has 0 aliphatic heterocycles. The molecule has 0 heterocycles. The first kappa shape index (κ1) is 25.9. The summed E-state index contributed by atoms with van der Waals surface area (Å²) < 4.78 is 33.9. The van der Waals surface area contributed by atoms with Crippen molar-refractivity contribution < 1.29 is 17.9 Å². The number of carbonyl (C=O) groups excluding carboxylic acids is 1. The second kappa shape index (κ2) is 11.0. The van der Waals surface area contributed by atoms with Crippen molar-refractivity contribution in [3.8, 4) is 5.75 Å². The topological polar surface area (TPSA) is 88.1 Å². The average Bonchev–Trinajstić information content (AvgIpc) is 2.96. The Bertz CT molecular complexity index is 1750. The number of aryl methyl sites for hydroxylation is 1. The van der Waals surface area contributed by atoms with E-state index in [2.05, 4.69) is 16.6 Å². The highest BCUT2D eigenvalue weighted by molar-refractivity contribution is 7.92. The van der Waals surface area contributed by atoms with Gasteiger partial charge in [-0.25, -0.2) is 13.8 Å². The van der Waals surface area contributed by atoms with Crippen molar-refractivity contribution in [1.82, 2.24) is 5.43 Å². The Morgan fingerprint density at radius 3 is 2.13 bits per heavy atom. The van der Waals surface area contributed by atoms with Gasteiger partial charge in [0.05, 0.1) is 23.9 Å². The van der Waals surface area contributed by atoms with Crippen molar-refractivity contribution in [2.45, 2.75) is 11.8 Å². The van der Waals surface area contributed by atoms with Crippen molar-refractivity contribution in [2.75, 3.05) is 18.0 Å². The Hall–Kier alpha value is -4.69. The fraction of sp³-hybridized carbons (Fsp3) is 0.0968. The number of hydrazone groups is 1. The molecule has 0 bridgehead atoms. The van der Waals surface area contributed by atoms with Gasteiger partial charge in [0, 0.05) is 5.56 Å². The number of benzene rings is 5. The van der Waals surface area contributed by atoms with E-state index in [-0.39, 0.29) is 10.6 Å². The monoisotopic (exact) mass is 537 g/mol. The fourth-order valence-corrected chi connectivity index (χ4v) is 5.98. The quantitative estimate of drug-likeness (QED) is 0.157. The third kappa shape index (κ3) is 5.32. The number of fused-ring (bicyclic) bond motifs is 2. The summed E-state index contributed by atoms with van der Waals surface area (Å²) in [6, 6.07) is 31.2. The number of sulfonamides is 1. The lowest BCUT2D eigenvalue weighted by atomic mass is 9.97. The van der Waals surface area contributed by atoms with Crippen LogP contribution in [0.4, 0.5) is 5.69 Å². The van der Waals surface area contributed by atoms with E-state index in [9.17, 15) is 13.2 Å². The summed E-state index contributed by atoms with van der Waals surface area (Å²) in [6.07, 6.45) is 1.60. The van der Waals surface area contributed by atoms with Gasteiger partial charge in [-0.15, -0.1) is 0 Å².